The maximum absolute atomic E-state index is 12.9. The third-order valence-corrected chi connectivity index (χ3v) is 5.73. The smallest absolute Gasteiger partial charge is 0.272 e. The van der Waals surface area contributed by atoms with E-state index in [1.807, 2.05) is 24.3 Å². The first-order valence-electron chi connectivity index (χ1n) is 9.46. The molecule has 0 saturated heterocycles. The van der Waals surface area contributed by atoms with E-state index in [4.69, 9.17) is 16.3 Å². The highest BCUT2D eigenvalue weighted by molar-refractivity contribution is 6.32. The number of hydrogen-bond donors (Lipinski definition) is 1. The maximum atomic E-state index is 12.9. The van der Waals surface area contributed by atoms with Crippen molar-refractivity contribution in [2.75, 3.05) is 6.61 Å². The Balaban J connectivity index is 1.42. The highest BCUT2D eigenvalue weighted by Gasteiger charge is 2.29. The van der Waals surface area contributed by atoms with Gasteiger partial charge in [-0.15, -0.1) is 0 Å². The van der Waals surface area contributed by atoms with Crippen LogP contribution in [0.4, 0.5) is 0 Å². The highest BCUT2D eigenvalue weighted by atomic mass is 35.5. The van der Waals surface area contributed by atoms with Crippen molar-refractivity contribution in [3.63, 3.8) is 0 Å². The van der Waals surface area contributed by atoms with Crippen LogP contribution in [0.2, 0.25) is 5.02 Å². The minimum absolute atomic E-state index is 0.164. The number of carbonyl (C=O) groups is 1. The van der Waals surface area contributed by atoms with E-state index in [2.05, 4.69) is 20.0 Å². The number of halogens is 1. The average molecular weight is 398 g/mol. The molecule has 0 radical (unpaired) electrons. The summed E-state index contributed by atoms with van der Waals surface area (Å²) in [5.41, 5.74) is 4.19. The number of nitrogens with one attached hydrogen (secondary N) is 1. The second-order valence-corrected chi connectivity index (χ2v) is 7.55. The minimum atomic E-state index is -0.270. The molecule has 4 heterocycles. The van der Waals surface area contributed by atoms with E-state index in [1.54, 1.807) is 17.2 Å². The quantitative estimate of drug-likeness (QED) is 0.737. The molecule has 1 atom stereocenters. The number of carbonyl (C=O) groups excluding carboxylic acids is 1. The molecule has 144 valence electrons. The summed E-state index contributed by atoms with van der Waals surface area (Å²) in [6.07, 6.45) is 6.66. The summed E-state index contributed by atoms with van der Waals surface area (Å²) in [6.45, 7) is 1.76. The van der Waals surface area contributed by atoms with Crippen LogP contribution in [0.5, 0.6) is 0 Å². The molecule has 1 aromatic carbocycles. The minimum Gasteiger partial charge on any atom is -0.373 e. The summed E-state index contributed by atoms with van der Waals surface area (Å²) in [6, 6.07) is 7.27. The molecule has 0 aliphatic carbocycles. The number of aryl methyl sites for hydroxylation is 1. The molecule has 2 aliphatic rings. The Morgan fingerprint density at radius 3 is 3.04 bits per heavy atom. The van der Waals surface area contributed by atoms with Gasteiger partial charge >= 0.3 is 0 Å². The lowest BCUT2D eigenvalue weighted by Gasteiger charge is -2.24. The Bertz CT molecular complexity index is 1040. The number of para-hydroxylation sites is 1. The molecule has 2 aromatic heterocycles. The molecule has 1 amide bonds. The Hall–Kier alpha value is -2.64. The molecule has 28 heavy (non-hydrogen) atoms. The second-order valence-electron chi connectivity index (χ2n) is 7.14. The number of benzene rings is 1. The van der Waals surface area contributed by atoms with Crippen molar-refractivity contribution in [1.82, 2.24) is 24.6 Å². The van der Waals surface area contributed by atoms with Crippen LogP contribution in [0.25, 0.3) is 5.69 Å². The third-order valence-electron chi connectivity index (χ3n) is 5.41. The first-order chi connectivity index (χ1) is 13.7. The van der Waals surface area contributed by atoms with Gasteiger partial charge in [-0.2, -0.15) is 5.10 Å². The van der Waals surface area contributed by atoms with Crippen LogP contribution in [-0.2, 0) is 24.3 Å². The zero-order valence-corrected chi connectivity index (χ0v) is 16.0. The number of fused-ring (bicyclic) bond motifs is 2. The van der Waals surface area contributed by atoms with Crippen LogP contribution in [0.3, 0.4) is 0 Å². The van der Waals surface area contributed by atoms with Crippen LogP contribution >= 0.6 is 11.6 Å². The summed E-state index contributed by atoms with van der Waals surface area (Å²) in [7, 11) is 0. The van der Waals surface area contributed by atoms with Crippen LogP contribution in [-0.4, -0.2) is 31.8 Å². The van der Waals surface area contributed by atoms with Crippen molar-refractivity contribution in [2.45, 2.75) is 38.5 Å². The summed E-state index contributed by atoms with van der Waals surface area (Å²) in [4.78, 5) is 17.3. The van der Waals surface area contributed by atoms with Crippen molar-refractivity contribution in [1.29, 1.82) is 0 Å². The van der Waals surface area contributed by atoms with Gasteiger partial charge in [0.25, 0.3) is 5.91 Å². The molecule has 2 aliphatic heterocycles. The highest BCUT2D eigenvalue weighted by Crippen LogP contribution is 2.29. The molecule has 3 aromatic rings. The van der Waals surface area contributed by atoms with E-state index >= 15 is 0 Å². The lowest BCUT2D eigenvalue weighted by molar-refractivity contribution is 0.0684. The van der Waals surface area contributed by atoms with Gasteiger partial charge in [0.1, 0.15) is 5.69 Å². The molecule has 0 fully saturated rings. The van der Waals surface area contributed by atoms with E-state index in [9.17, 15) is 4.79 Å². The number of ether oxygens (including phenoxy) is 1. The molecule has 1 N–H and O–H groups in total. The number of nitrogens with zero attached hydrogens (tertiary/aromatic N) is 4. The molecular weight excluding hydrogens is 378 g/mol. The van der Waals surface area contributed by atoms with Gasteiger partial charge in [-0.1, -0.05) is 23.7 Å². The number of rotatable bonds is 3. The van der Waals surface area contributed by atoms with Gasteiger partial charge in [-0.3, -0.25) is 4.79 Å². The van der Waals surface area contributed by atoms with E-state index in [0.29, 0.717) is 23.9 Å². The van der Waals surface area contributed by atoms with Gasteiger partial charge in [-0.05, 0) is 31.4 Å². The average Bonchev–Trinajstić information content (AvgIpc) is 3.33. The van der Waals surface area contributed by atoms with E-state index in [1.165, 1.54) is 0 Å². The van der Waals surface area contributed by atoms with Gasteiger partial charge in [0.2, 0.25) is 0 Å². The van der Waals surface area contributed by atoms with Crippen LogP contribution in [0.1, 0.15) is 46.3 Å². The summed E-state index contributed by atoms with van der Waals surface area (Å²) < 4.78 is 9.62. The summed E-state index contributed by atoms with van der Waals surface area (Å²) in [5.74, 6) is -0.164. The van der Waals surface area contributed by atoms with Gasteiger partial charge in [-0.25, -0.2) is 9.67 Å². The lowest BCUT2D eigenvalue weighted by Crippen LogP contribution is -2.35. The van der Waals surface area contributed by atoms with Gasteiger partial charge in [0.15, 0.2) is 0 Å². The zero-order chi connectivity index (χ0) is 19.1. The standard InChI is InChI=1S/C20H20ClN5O2/c21-14-5-1-2-6-16(14)26-18-11-28-10-15(13(18)9-23-26)24-20(27)19-17-7-3-4-8-25(17)12-22-19/h1-2,5-6,9,12,15H,3-4,7-8,10-11H2,(H,24,27). The van der Waals surface area contributed by atoms with Crippen molar-refractivity contribution < 1.29 is 9.53 Å². The number of amides is 1. The third kappa shape index (κ3) is 2.91. The van der Waals surface area contributed by atoms with Crippen LogP contribution in [0, 0.1) is 0 Å². The fourth-order valence-corrected chi connectivity index (χ4v) is 4.20. The molecule has 8 heteroatoms. The fraction of sp³-hybridized carbons (Fsp3) is 0.350. The Kier molecular flexibility index (Phi) is 4.41. The van der Waals surface area contributed by atoms with Gasteiger partial charge in [0, 0.05) is 12.1 Å². The Morgan fingerprint density at radius 1 is 1.25 bits per heavy atom. The summed E-state index contributed by atoms with van der Waals surface area (Å²) in [5, 5.41) is 8.20. The van der Waals surface area contributed by atoms with E-state index < -0.39 is 0 Å². The first kappa shape index (κ1) is 17.5. The Morgan fingerprint density at radius 2 is 2.14 bits per heavy atom. The van der Waals surface area contributed by atoms with E-state index in [0.717, 1.165) is 48.4 Å². The van der Waals surface area contributed by atoms with Crippen molar-refractivity contribution in [3.05, 3.63) is 64.5 Å². The normalized spacial score (nSPS) is 18.4. The van der Waals surface area contributed by atoms with Crippen molar-refractivity contribution in [2.24, 2.45) is 0 Å². The predicted octanol–water partition coefficient (Wildman–Crippen LogP) is 3.06. The largest absolute Gasteiger partial charge is 0.373 e. The van der Waals surface area contributed by atoms with Crippen molar-refractivity contribution in [3.8, 4) is 5.69 Å². The van der Waals surface area contributed by atoms with Crippen LogP contribution in [0.15, 0.2) is 36.8 Å². The Labute approximate surface area is 167 Å². The molecule has 1 unspecified atom stereocenters. The molecule has 0 spiro atoms. The first-order valence-corrected chi connectivity index (χ1v) is 9.84. The van der Waals surface area contributed by atoms with Gasteiger partial charge < -0.3 is 14.6 Å². The maximum Gasteiger partial charge on any atom is 0.272 e. The molecular formula is C20H20ClN5O2. The van der Waals surface area contributed by atoms with Crippen molar-refractivity contribution >= 4 is 17.5 Å². The lowest BCUT2D eigenvalue weighted by atomic mass is 10.0. The summed E-state index contributed by atoms with van der Waals surface area (Å²) >= 11 is 6.33. The SMILES string of the molecule is O=C(NC1COCc2c1cnn2-c1ccccc1Cl)c1ncn2c1CCCC2. The number of hydrogen-bond acceptors (Lipinski definition) is 4. The molecule has 0 saturated carbocycles. The predicted molar refractivity (Wildman–Crippen MR) is 104 cm³/mol. The molecule has 7 nitrogen and oxygen atoms in total. The van der Waals surface area contributed by atoms with Crippen LogP contribution < -0.4 is 5.32 Å². The van der Waals surface area contributed by atoms with Gasteiger partial charge in [0.05, 0.1) is 53.9 Å². The number of aromatic nitrogens is 4. The monoisotopic (exact) mass is 397 g/mol. The second kappa shape index (κ2) is 7.07. The topological polar surface area (TPSA) is 74.0 Å². The molecule has 5 rings (SSSR count). The number of imidazole rings is 1. The van der Waals surface area contributed by atoms with E-state index in [-0.39, 0.29) is 11.9 Å². The zero-order valence-electron chi connectivity index (χ0n) is 15.3. The fourth-order valence-electron chi connectivity index (χ4n) is 3.99. The molecule has 0 bridgehead atoms.